The molecule has 0 bridgehead atoms. The summed E-state index contributed by atoms with van der Waals surface area (Å²) in [5, 5.41) is 0. The summed E-state index contributed by atoms with van der Waals surface area (Å²) in [6.45, 7) is 2.00. The Balaban J connectivity index is 2.23. The quantitative estimate of drug-likeness (QED) is 0.292. The van der Waals surface area contributed by atoms with Gasteiger partial charge in [-0.1, -0.05) is 97.1 Å². The first-order valence-electron chi connectivity index (χ1n) is 8.37. The number of nitrogens with zero attached hydrogens (tertiary/aromatic N) is 1. The van der Waals surface area contributed by atoms with Crippen molar-refractivity contribution in [1.82, 2.24) is 0 Å². The van der Waals surface area contributed by atoms with Crippen LogP contribution in [-0.2, 0) is 4.75 Å². The van der Waals surface area contributed by atoms with E-state index in [1.807, 2.05) is 25.3 Å². The van der Waals surface area contributed by atoms with E-state index in [0.717, 1.165) is 0 Å². The van der Waals surface area contributed by atoms with Gasteiger partial charge in [0.1, 0.15) is 4.75 Å². The zero-order valence-corrected chi connectivity index (χ0v) is 15.1. The van der Waals surface area contributed by atoms with Crippen molar-refractivity contribution < 1.29 is 0 Å². The number of hydrogen-bond donors (Lipinski definition) is 0. The standard InChI is InChI=1S/C23H21NS/c1-2-3-19-24-25-23(20-13-7-4-8-14-20,21-15-9-5-10-16-21)22-17-11-6-12-18-22/h2-19H,1H3. The summed E-state index contributed by atoms with van der Waals surface area (Å²) in [4.78, 5) is 0. The molecule has 0 saturated carbocycles. The zero-order chi connectivity index (χ0) is 17.4. The topological polar surface area (TPSA) is 12.4 Å². The van der Waals surface area contributed by atoms with Crippen molar-refractivity contribution in [2.75, 3.05) is 0 Å². The van der Waals surface area contributed by atoms with Crippen LogP contribution < -0.4 is 0 Å². The molecule has 0 atom stereocenters. The summed E-state index contributed by atoms with van der Waals surface area (Å²) in [7, 11) is 0. The maximum Gasteiger partial charge on any atom is 0.112 e. The van der Waals surface area contributed by atoms with Gasteiger partial charge in [0, 0.05) is 6.21 Å². The lowest BCUT2D eigenvalue weighted by molar-refractivity contribution is 0.896. The summed E-state index contributed by atoms with van der Waals surface area (Å²) in [5.41, 5.74) is 3.65. The average Bonchev–Trinajstić information content (AvgIpc) is 2.70. The molecule has 1 nitrogen and oxygen atoms in total. The van der Waals surface area contributed by atoms with E-state index in [2.05, 4.69) is 95.4 Å². The second-order valence-corrected chi connectivity index (χ2v) is 6.66. The Labute approximate surface area is 154 Å². The lowest BCUT2D eigenvalue weighted by atomic mass is 9.84. The van der Waals surface area contributed by atoms with Gasteiger partial charge in [0.25, 0.3) is 0 Å². The maximum atomic E-state index is 4.67. The van der Waals surface area contributed by atoms with Crippen molar-refractivity contribution in [1.29, 1.82) is 0 Å². The minimum absolute atomic E-state index is 0.387. The molecule has 0 spiro atoms. The van der Waals surface area contributed by atoms with Crippen molar-refractivity contribution >= 4 is 18.2 Å². The van der Waals surface area contributed by atoms with Crippen LogP contribution in [0.2, 0.25) is 0 Å². The van der Waals surface area contributed by atoms with E-state index in [0.29, 0.717) is 0 Å². The summed E-state index contributed by atoms with van der Waals surface area (Å²) >= 11 is 1.59. The lowest BCUT2D eigenvalue weighted by Crippen LogP contribution is -2.24. The molecule has 0 saturated heterocycles. The Bertz CT molecular complexity index is 727. The molecule has 2 heteroatoms. The molecular formula is C23H21NS. The Hall–Kier alpha value is -2.58. The first-order valence-corrected chi connectivity index (χ1v) is 9.14. The Morgan fingerprint density at radius 3 is 1.44 bits per heavy atom. The van der Waals surface area contributed by atoms with Gasteiger partial charge >= 0.3 is 0 Å². The SMILES string of the molecule is CC=CC=NSC(c1ccccc1)(c1ccccc1)c1ccccc1. The third-order valence-corrected chi connectivity index (χ3v) is 5.28. The number of allylic oxidation sites excluding steroid dienone is 2. The zero-order valence-electron chi connectivity index (χ0n) is 14.2. The molecule has 0 radical (unpaired) electrons. The van der Waals surface area contributed by atoms with E-state index in [1.165, 1.54) is 16.7 Å². The molecule has 3 aromatic carbocycles. The van der Waals surface area contributed by atoms with Crippen LogP contribution in [0.1, 0.15) is 23.6 Å². The molecule has 0 aliphatic rings. The predicted molar refractivity (Wildman–Crippen MR) is 110 cm³/mol. The van der Waals surface area contributed by atoms with Crippen molar-refractivity contribution in [2.24, 2.45) is 4.40 Å². The van der Waals surface area contributed by atoms with Gasteiger partial charge in [-0.25, -0.2) is 4.40 Å². The molecule has 0 unspecified atom stereocenters. The summed E-state index contributed by atoms with van der Waals surface area (Å²) in [6.07, 6.45) is 5.80. The minimum atomic E-state index is -0.387. The Morgan fingerprint density at radius 2 is 1.08 bits per heavy atom. The molecule has 0 aliphatic heterocycles. The van der Waals surface area contributed by atoms with Gasteiger partial charge in [0.05, 0.1) is 0 Å². The van der Waals surface area contributed by atoms with E-state index in [4.69, 9.17) is 0 Å². The summed E-state index contributed by atoms with van der Waals surface area (Å²) in [6, 6.07) is 31.8. The number of hydrogen-bond acceptors (Lipinski definition) is 2. The smallest absolute Gasteiger partial charge is 0.112 e. The molecule has 0 fully saturated rings. The second kappa shape index (κ2) is 8.50. The van der Waals surface area contributed by atoms with Crippen LogP contribution in [0, 0.1) is 0 Å². The lowest BCUT2D eigenvalue weighted by Gasteiger charge is -2.33. The van der Waals surface area contributed by atoms with Gasteiger partial charge in [-0.2, -0.15) is 0 Å². The molecule has 0 amide bonds. The van der Waals surface area contributed by atoms with Gasteiger partial charge in [-0.05, 0) is 41.6 Å². The van der Waals surface area contributed by atoms with E-state index in [1.54, 1.807) is 11.9 Å². The Morgan fingerprint density at radius 1 is 0.680 bits per heavy atom. The monoisotopic (exact) mass is 343 g/mol. The minimum Gasteiger partial charge on any atom is -0.223 e. The van der Waals surface area contributed by atoms with Crippen molar-refractivity contribution in [3.8, 4) is 0 Å². The normalized spacial score (nSPS) is 12.0. The fraction of sp³-hybridized carbons (Fsp3) is 0.0870. The van der Waals surface area contributed by atoms with E-state index >= 15 is 0 Å². The summed E-state index contributed by atoms with van der Waals surface area (Å²) < 4.78 is 4.28. The van der Waals surface area contributed by atoms with Gasteiger partial charge in [-0.3, -0.25) is 0 Å². The molecule has 0 aromatic heterocycles. The van der Waals surface area contributed by atoms with Crippen LogP contribution in [-0.4, -0.2) is 6.21 Å². The van der Waals surface area contributed by atoms with Crippen molar-refractivity contribution in [2.45, 2.75) is 11.7 Å². The maximum absolute atomic E-state index is 4.67. The van der Waals surface area contributed by atoms with E-state index in [9.17, 15) is 0 Å². The first kappa shape index (κ1) is 17.2. The van der Waals surface area contributed by atoms with E-state index in [-0.39, 0.29) is 4.75 Å². The molecule has 3 rings (SSSR count). The van der Waals surface area contributed by atoms with Gasteiger partial charge in [0.15, 0.2) is 0 Å². The molecule has 0 N–H and O–H groups in total. The van der Waals surface area contributed by atoms with Crippen LogP contribution in [0.4, 0.5) is 0 Å². The third kappa shape index (κ3) is 3.75. The van der Waals surface area contributed by atoms with Gasteiger partial charge in [-0.15, -0.1) is 0 Å². The average molecular weight is 343 g/mol. The number of rotatable bonds is 6. The molecule has 124 valence electrons. The second-order valence-electron chi connectivity index (χ2n) is 5.65. The highest BCUT2D eigenvalue weighted by Crippen LogP contribution is 2.48. The van der Waals surface area contributed by atoms with Crippen LogP contribution in [0.5, 0.6) is 0 Å². The van der Waals surface area contributed by atoms with Crippen molar-refractivity contribution in [3.63, 3.8) is 0 Å². The number of benzene rings is 3. The summed E-state index contributed by atoms with van der Waals surface area (Å²) in [5.74, 6) is 0. The molecule has 0 aliphatic carbocycles. The molecule has 0 heterocycles. The first-order chi connectivity index (χ1) is 12.4. The third-order valence-electron chi connectivity index (χ3n) is 4.07. The van der Waals surface area contributed by atoms with Crippen molar-refractivity contribution in [3.05, 3.63) is 120 Å². The van der Waals surface area contributed by atoms with Crippen LogP contribution >= 0.6 is 11.9 Å². The highest BCUT2D eigenvalue weighted by atomic mass is 32.2. The van der Waals surface area contributed by atoms with Crippen LogP contribution in [0.25, 0.3) is 0 Å². The fourth-order valence-electron chi connectivity index (χ4n) is 2.91. The largest absolute Gasteiger partial charge is 0.223 e. The van der Waals surface area contributed by atoms with Gasteiger partial charge in [0.2, 0.25) is 0 Å². The highest BCUT2D eigenvalue weighted by Gasteiger charge is 2.37. The van der Waals surface area contributed by atoms with Crippen LogP contribution in [0.15, 0.2) is 108 Å². The van der Waals surface area contributed by atoms with Crippen LogP contribution in [0.3, 0.4) is 0 Å². The Kier molecular flexibility index (Phi) is 5.86. The molecule has 3 aromatic rings. The molecule has 25 heavy (non-hydrogen) atoms. The molecular weight excluding hydrogens is 322 g/mol. The highest BCUT2D eigenvalue weighted by molar-refractivity contribution is 7.99. The van der Waals surface area contributed by atoms with E-state index < -0.39 is 0 Å². The fourth-order valence-corrected chi connectivity index (χ4v) is 3.92. The van der Waals surface area contributed by atoms with Gasteiger partial charge < -0.3 is 0 Å². The predicted octanol–water partition coefficient (Wildman–Crippen LogP) is 6.27.